The van der Waals surface area contributed by atoms with E-state index in [4.69, 9.17) is 15.0 Å². The summed E-state index contributed by atoms with van der Waals surface area (Å²) in [5, 5.41) is 1.49. The van der Waals surface area contributed by atoms with Crippen LogP contribution in [0, 0.1) is 0 Å². The van der Waals surface area contributed by atoms with Gasteiger partial charge >= 0.3 is 0 Å². The summed E-state index contributed by atoms with van der Waals surface area (Å²) in [5.41, 5.74) is 7.79. The van der Waals surface area contributed by atoms with Crippen molar-refractivity contribution in [3.8, 4) is 56.4 Å². The molecule has 0 bridgehead atoms. The van der Waals surface area contributed by atoms with Crippen molar-refractivity contribution < 1.29 is 0 Å². The van der Waals surface area contributed by atoms with Gasteiger partial charge in [0.15, 0.2) is 17.5 Å². The first kappa shape index (κ1) is 25.6. The first-order chi connectivity index (χ1) is 19.5. The summed E-state index contributed by atoms with van der Waals surface area (Å²) in [6, 6.07) is 46.4. The molecular weight excluding hydrogens is 503 g/mol. The first-order valence-electron chi connectivity index (χ1n) is 13.6. The van der Waals surface area contributed by atoms with Crippen LogP contribution in [-0.4, -0.2) is 23.0 Å². The van der Waals surface area contributed by atoms with Crippen LogP contribution >= 0.6 is 0 Å². The number of rotatable bonds is 6. The lowest BCUT2D eigenvalue weighted by Gasteiger charge is -2.21. The molecule has 0 amide bonds. The van der Waals surface area contributed by atoms with Crippen LogP contribution in [-0.2, 0) is 0 Å². The largest absolute Gasteiger partial charge is 0.208 e. The molecule has 0 N–H and O–H groups in total. The number of benzene rings is 5. The fourth-order valence-corrected chi connectivity index (χ4v) is 6.64. The summed E-state index contributed by atoms with van der Waals surface area (Å²) in [5.74, 6) is 2.00. The lowest BCUT2D eigenvalue weighted by molar-refractivity contribution is 1.07. The van der Waals surface area contributed by atoms with Crippen molar-refractivity contribution in [3.05, 3.63) is 133 Å². The van der Waals surface area contributed by atoms with Crippen molar-refractivity contribution in [2.75, 3.05) is 0 Å². The summed E-state index contributed by atoms with van der Waals surface area (Å²) in [6.07, 6.45) is 0. The Balaban J connectivity index is 1.39. The van der Waals surface area contributed by atoms with E-state index in [0.29, 0.717) is 17.5 Å². The highest BCUT2D eigenvalue weighted by Crippen LogP contribution is 2.30. The van der Waals surface area contributed by atoms with Crippen molar-refractivity contribution in [2.45, 2.75) is 19.6 Å². The number of nitrogens with zero attached hydrogens (tertiary/aromatic N) is 3. The van der Waals surface area contributed by atoms with Gasteiger partial charge in [-0.2, -0.15) is 0 Å². The van der Waals surface area contributed by atoms with Gasteiger partial charge in [0, 0.05) is 16.7 Å². The highest BCUT2D eigenvalue weighted by atomic mass is 28.3. The molecule has 4 heteroatoms. The topological polar surface area (TPSA) is 38.7 Å². The molecule has 6 aromatic rings. The molecule has 0 aliphatic rings. The van der Waals surface area contributed by atoms with E-state index >= 15 is 0 Å². The second-order valence-corrected chi connectivity index (χ2v) is 16.0. The second-order valence-electron chi connectivity index (χ2n) is 11.0. The van der Waals surface area contributed by atoms with Gasteiger partial charge in [-0.25, -0.2) is 15.0 Å². The maximum absolute atomic E-state index is 4.90. The molecule has 0 saturated heterocycles. The summed E-state index contributed by atoms with van der Waals surface area (Å²) in [6.45, 7) is 7.21. The molecular formula is C36H31N3Si. The standard InChI is InChI=1S/C36H31N3Si/c1-40(2,3)33-20-11-10-19-32(33)27-23-21-26(22-24-27)30-17-12-18-31(25-30)36-38-34(28-13-6-4-7-14-28)37-35(39-36)29-15-8-5-9-16-29/h4-25H,1-3H3. The Morgan fingerprint density at radius 2 is 0.825 bits per heavy atom. The van der Waals surface area contributed by atoms with Gasteiger partial charge in [0.1, 0.15) is 0 Å². The Bertz CT molecular complexity index is 1700. The van der Waals surface area contributed by atoms with Crippen LogP contribution in [0.2, 0.25) is 19.6 Å². The fraction of sp³-hybridized carbons (Fsp3) is 0.0833. The minimum Gasteiger partial charge on any atom is -0.208 e. The molecule has 194 valence electrons. The summed E-state index contributed by atoms with van der Waals surface area (Å²) < 4.78 is 0. The summed E-state index contributed by atoms with van der Waals surface area (Å²) in [4.78, 5) is 14.6. The van der Waals surface area contributed by atoms with Gasteiger partial charge in [-0.05, 0) is 28.3 Å². The van der Waals surface area contributed by atoms with Gasteiger partial charge in [-0.1, -0.05) is 152 Å². The predicted octanol–water partition coefficient (Wildman–Crippen LogP) is 8.75. The molecule has 5 aromatic carbocycles. The molecule has 3 nitrogen and oxygen atoms in total. The molecule has 6 rings (SSSR count). The van der Waals surface area contributed by atoms with Crippen LogP contribution in [0.25, 0.3) is 56.4 Å². The van der Waals surface area contributed by atoms with Crippen LogP contribution in [0.15, 0.2) is 133 Å². The zero-order valence-electron chi connectivity index (χ0n) is 23.0. The highest BCUT2D eigenvalue weighted by molar-refractivity contribution is 6.89. The molecule has 0 spiro atoms. The molecule has 0 fully saturated rings. The predicted molar refractivity (Wildman–Crippen MR) is 170 cm³/mol. The monoisotopic (exact) mass is 533 g/mol. The SMILES string of the molecule is C[Si](C)(C)c1ccccc1-c1ccc(-c2cccc(-c3nc(-c4ccccc4)nc(-c4ccccc4)n3)c2)cc1. The zero-order valence-corrected chi connectivity index (χ0v) is 24.0. The van der Waals surface area contributed by atoms with E-state index in [1.807, 2.05) is 60.7 Å². The van der Waals surface area contributed by atoms with Crippen LogP contribution in [0.3, 0.4) is 0 Å². The molecule has 1 heterocycles. The van der Waals surface area contributed by atoms with E-state index in [2.05, 4.69) is 92.4 Å². The summed E-state index contributed by atoms with van der Waals surface area (Å²) >= 11 is 0. The van der Waals surface area contributed by atoms with Crippen LogP contribution in [0.4, 0.5) is 0 Å². The van der Waals surface area contributed by atoms with E-state index in [1.165, 1.54) is 16.3 Å². The van der Waals surface area contributed by atoms with Gasteiger partial charge in [-0.3, -0.25) is 0 Å². The van der Waals surface area contributed by atoms with Gasteiger partial charge in [0.25, 0.3) is 0 Å². The van der Waals surface area contributed by atoms with Crippen molar-refractivity contribution in [3.63, 3.8) is 0 Å². The molecule has 0 atom stereocenters. The zero-order chi connectivity index (χ0) is 27.5. The number of hydrogen-bond acceptors (Lipinski definition) is 3. The molecule has 0 radical (unpaired) electrons. The fourth-order valence-electron chi connectivity index (χ4n) is 5.01. The van der Waals surface area contributed by atoms with E-state index in [0.717, 1.165) is 27.8 Å². The van der Waals surface area contributed by atoms with Gasteiger partial charge in [0.2, 0.25) is 0 Å². The molecule has 0 aliphatic heterocycles. The van der Waals surface area contributed by atoms with E-state index in [1.54, 1.807) is 0 Å². The number of aromatic nitrogens is 3. The Labute approximate surface area is 237 Å². The molecule has 0 saturated carbocycles. The summed E-state index contributed by atoms with van der Waals surface area (Å²) in [7, 11) is -1.46. The molecule has 0 unspecified atom stereocenters. The van der Waals surface area contributed by atoms with Crippen LogP contribution < -0.4 is 5.19 Å². The van der Waals surface area contributed by atoms with E-state index < -0.39 is 8.07 Å². The average molecular weight is 534 g/mol. The molecule has 1 aromatic heterocycles. The smallest absolute Gasteiger partial charge is 0.164 e. The lowest BCUT2D eigenvalue weighted by Crippen LogP contribution is -2.38. The lowest BCUT2D eigenvalue weighted by atomic mass is 9.99. The van der Waals surface area contributed by atoms with Crippen LogP contribution in [0.1, 0.15) is 0 Å². The van der Waals surface area contributed by atoms with Crippen molar-refractivity contribution >= 4 is 13.3 Å². The normalized spacial score (nSPS) is 11.4. The van der Waals surface area contributed by atoms with E-state index in [9.17, 15) is 0 Å². The highest BCUT2D eigenvalue weighted by Gasteiger charge is 2.20. The minimum absolute atomic E-state index is 0.662. The van der Waals surface area contributed by atoms with Crippen molar-refractivity contribution in [1.29, 1.82) is 0 Å². The van der Waals surface area contributed by atoms with Crippen molar-refractivity contribution in [2.24, 2.45) is 0 Å². The average Bonchev–Trinajstić information content (AvgIpc) is 3.01. The van der Waals surface area contributed by atoms with Gasteiger partial charge in [0.05, 0.1) is 8.07 Å². The minimum atomic E-state index is -1.46. The maximum atomic E-state index is 4.90. The molecule has 40 heavy (non-hydrogen) atoms. The Kier molecular flexibility index (Phi) is 6.93. The Hall–Kier alpha value is -4.67. The third kappa shape index (κ3) is 5.40. The Morgan fingerprint density at radius 3 is 1.40 bits per heavy atom. The second kappa shape index (κ2) is 10.8. The van der Waals surface area contributed by atoms with Gasteiger partial charge < -0.3 is 0 Å². The van der Waals surface area contributed by atoms with Gasteiger partial charge in [-0.15, -0.1) is 0 Å². The Morgan fingerprint density at radius 1 is 0.375 bits per heavy atom. The van der Waals surface area contributed by atoms with Crippen LogP contribution in [0.5, 0.6) is 0 Å². The maximum Gasteiger partial charge on any atom is 0.164 e. The molecule has 0 aliphatic carbocycles. The third-order valence-corrected chi connectivity index (χ3v) is 9.14. The van der Waals surface area contributed by atoms with E-state index in [-0.39, 0.29) is 0 Å². The first-order valence-corrected chi connectivity index (χ1v) is 17.1. The third-order valence-electron chi connectivity index (χ3n) is 7.08. The van der Waals surface area contributed by atoms with Crippen molar-refractivity contribution in [1.82, 2.24) is 15.0 Å². The quantitative estimate of drug-likeness (QED) is 0.201. The number of hydrogen-bond donors (Lipinski definition) is 0.